The number of carboxylic acids is 3. The largest absolute Gasteiger partial charge is 0.480 e. The van der Waals surface area contributed by atoms with Crippen LogP contribution in [-0.4, -0.2) is 87.0 Å². The van der Waals surface area contributed by atoms with Crippen LogP contribution < -0.4 is 17.2 Å². The fourth-order valence-electron chi connectivity index (χ4n) is 0.666. The van der Waals surface area contributed by atoms with Gasteiger partial charge in [0.25, 0.3) is 0 Å². The van der Waals surface area contributed by atoms with Gasteiger partial charge in [-0.25, -0.2) is 0 Å². The van der Waals surface area contributed by atoms with Crippen molar-refractivity contribution in [3.63, 3.8) is 0 Å². The normalized spacial score (nSPS) is 10.3. The molecule has 12 nitrogen and oxygen atoms in total. The first-order chi connectivity index (χ1) is 11.4. The topological polar surface area (TPSA) is 251 Å². The highest BCUT2D eigenvalue weighted by Gasteiger charge is 2.11. The van der Waals surface area contributed by atoms with Crippen LogP contribution in [0.2, 0.25) is 0 Å². The third-order valence-corrected chi connectivity index (χ3v) is 1.81. The van der Waals surface area contributed by atoms with Gasteiger partial charge >= 0.3 is 17.9 Å². The highest BCUT2D eigenvalue weighted by molar-refractivity contribution is 5.73. The molecule has 0 rings (SSSR count). The van der Waals surface area contributed by atoms with Gasteiger partial charge in [0.1, 0.15) is 12.1 Å². The predicted molar refractivity (Wildman–Crippen MR) is 88.6 cm³/mol. The van der Waals surface area contributed by atoms with E-state index in [4.69, 9.17) is 36.4 Å². The summed E-state index contributed by atoms with van der Waals surface area (Å²) in [6.07, 6.45) is -0.403. The molecule has 0 fully saturated rings. The van der Waals surface area contributed by atoms with Crippen molar-refractivity contribution in [1.29, 1.82) is 0 Å². The van der Waals surface area contributed by atoms with Crippen molar-refractivity contribution in [2.24, 2.45) is 23.1 Å². The maximum atomic E-state index is 10.1. The number of carbonyl (C=O) groups is 3. The Labute approximate surface area is 145 Å². The smallest absolute Gasteiger partial charge is 0.320 e. The summed E-state index contributed by atoms with van der Waals surface area (Å²) in [6, 6.07) is -0.690. The first kappa shape index (κ1) is 31.0. The van der Waals surface area contributed by atoms with E-state index < -0.39 is 30.1 Å². The van der Waals surface area contributed by atoms with E-state index in [1.807, 2.05) is 13.8 Å². The summed E-state index contributed by atoms with van der Waals surface area (Å²) in [7, 11) is 0. The molecule has 0 aliphatic carbocycles. The Kier molecular flexibility index (Phi) is 27.5. The second-order valence-corrected chi connectivity index (χ2v) is 4.79. The average molecular weight is 373 g/mol. The predicted octanol–water partition coefficient (Wildman–Crippen LogP) is -3.16. The molecule has 0 bridgehead atoms. The van der Waals surface area contributed by atoms with Crippen LogP contribution in [0.3, 0.4) is 0 Å². The van der Waals surface area contributed by atoms with E-state index in [1.54, 1.807) is 0 Å². The third-order valence-electron chi connectivity index (χ3n) is 1.81. The van der Waals surface area contributed by atoms with Crippen molar-refractivity contribution in [2.45, 2.75) is 32.4 Å². The van der Waals surface area contributed by atoms with E-state index in [0.717, 1.165) is 0 Å². The Morgan fingerprint density at radius 1 is 0.880 bits per heavy atom. The van der Waals surface area contributed by atoms with Crippen molar-refractivity contribution in [3.05, 3.63) is 0 Å². The van der Waals surface area contributed by atoms with E-state index in [-0.39, 0.29) is 26.3 Å². The molecule has 12 heteroatoms. The van der Waals surface area contributed by atoms with Gasteiger partial charge in [0.2, 0.25) is 0 Å². The summed E-state index contributed by atoms with van der Waals surface area (Å²) >= 11 is 0. The lowest BCUT2D eigenvalue weighted by atomic mass is 10.1. The van der Waals surface area contributed by atoms with Crippen LogP contribution in [0.15, 0.2) is 0 Å². The molecule has 0 saturated heterocycles. The molecule has 0 heterocycles. The second kappa shape index (κ2) is 22.2. The number of hydrogen-bond acceptors (Lipinski definition) is 9. The fourth-order valence-corrected chi connectivity index (χ4v) is 0.666. The van der Waals surface area contributed by atoms with Gasteiger partial charge in [-0.3, -0.25) is 14.4 Å². The Balaban J connectivity index is -0.000000122. The maximum Gasteiger partial charge on any atom is 0.320 e. The molecule has 0 unspecified atom stereocenters. The van der Waals surface area contributed by atoms with Gasteiger partial charge in [-0.1, -0.05) is 13.8 Å². The van der Waals surface area contributed by atoms with Crippen LogP contribution >= 0.6 is 0 Å². The molecule has 0 amide bonds. The summed E-state index contributed by atoms with van der Waals surface area (Å²) in [4.78, 5) is 28.6. The monoisotopic (exact) mass is 373 g/mol. The first-order valence-electron chi connectivity index (χ1n) is 7.11. The number of rotatable bonds is 7. The summed E-state index contributed by atoms with van der Waals surface area (Å²) in [5.41, 5.74) is 14.4. The molecular formula is C13H31N3O9. The van der Waals surface area contributed by atoms with Gasteiger partial charge in [0.05, 0.1) is 26.3 Å². The van der Waals surface area contributed by atoms with Gasteiger partial charge in [-0.2, -0.15) is 0 Å². The molecule has 0 spiro atoms. The van der Waals surface area contributed by atoms with Crippen LogP contribution in [0.1, 0.15) is 20.3 Å². The minimum absolute atomic E-state index is 0.278. The zero-order valence-electron chi connectivity index (χ0n) is 14.4. The average Bonchev–Trinajstić information content (AvgIpc) is 2.54. The van der Waals surface area contributed by atoms with Crippen molar-refractivity contribution in [3.8, 4) is 0 Å². The highest BCUT2D eigenvalue weighted by atomic mass is 16.4. The maximum absolute atomic E-state index is 10.1. The highest BCUT2D eigenvalue weighted by Crippen LogP contribution is 2.01. The van der Waals surface area contributed by atoms with Gasteiger partial charge < -0.3 is 47.8 Å². The van der Waals surface area contributed by atoms with E-state index in [0.29, 0.717) is 12.3 Å². The Morgan fingerprint density at radius 2 is 1.16 bits per heavy atom. The zero-order valence-corrected chi connectivity index (χ0v) is 14.4. The van der Waals surface area contributed by atoms with Crippen LogP contribution in [0.25, 0.3) is 0 Å². The SMILES string of the molecule is CC(C)C[C@H](N)C(=O)O.NCC(=O)O.NCC(=O)O.OCC(O)CO. The van der Waals surface area contributed by atoms with Crippen molar-refractivity contribution >= 4 is 17.9 Å². The molecule has 0 aromatic carbocycles. The molecule has 0 aliphatic heterocycles. The zero-order chi connectivity index (χ0) is 21.0. The molecule has 0 aromatic rings. The molecule has 0 radical (unpaired) electrons. The van der Waals surface area contributed by atoms with E-state index in [9.17, 15) is 14.4 Å². The van der Waals surface area contributed by atoms with E-state index in [2.05, 4.69) is 11.5 Å². The third kappa shape index (κ3) is 44.9. The summed E-state index contributed by atoms with van der Waals surface area (Å²) in [6.45, 7) is 2.61. The molecule has 12 N–H and O–H groups in total. The number of nitrogens with two attached hydrogens (primary N) is 3. The lowest BCUT2D eigenvalue weighted by molar-refractivity contribution is -0.139. The molecule has 25 heavy (non-hydrogen) atoms. The Morgan fingerprint density at radius 3 is 1.20 bits per heavy atom. The Bertz CT molecular complexity index is 323. The van der Waals surface area contributed by atoms with Crippen molar-refractivity contribution in [2.75, 3.05) is 26.3 Å². The first-order valence-corrected chi connectivity index (χ1v) is 7.11. The molecule has 0 saturated carbocycles. The fraction of sp³-hybridized carbons (Fsp3) is 0.769. The van der Waals surface area contributed by atoms with Crippen molar-refractivity contribution in [1.82, 2.24) is 0 Å². The molecular weight excluding hydrogens is 342 g/mol. The van der Waals surface area contributed by atoms with Crippen LogP contribution in [0.4, 0.5) is 0 Å². The van der Waals surface area contributed by atoms with Crippen molar-refractivity contribution < 1.29 is 45.0 Å². The van der Waals surface area contributed by atoms with Gasteiger partial charge in [0, 0.05) is 0 Å². The second-order valence-electron chi connectivity index (χ2n) is 4.79. The van der Waals surface area contributed by atoms with Crippen LogP contribution in [0.5, 0.6) is 0 Å². The van der Waals surface area contributed by atoms with Crippen LogP contribution in [0, 0.1) is 5.92 Å². The molecule has 0 aliphatic rings. The number of aliphatic carboxylic acids is 3. The lowest BCUT2D eigenvalue weighted by Crippen LogP contribution is -2.31. The van der Waals surface area contributed by atoms with Gasteiger partial charge in [-0.05, 0) is 12.3 Å². The standard InChI is InChI=1S/C6H13NO2.C3H8O3.2C2H5NO2/c1-4(2)3-5(7)6(8)9;4-1-3(6)2-5;2*3-1-2(4)5/h4-5H,3,7H2,1-2H3,(H,8,9);3-6H,1-2H2;2*1,3H2,(H,4,5)/t5-;;;/m0.../s1. The quantitative estimate of drug-likeness (QED) is 0.214. The van der Waals surface area contributed by atoms with E-state index >= 15 is 0 Å². The lowest BCUT2D eigenvalue weighted by Gasteiger charge is -2.07. The molecule has 0 aromatic heterocycles. The molecule has 152 valence electrons. The number of aliphatic hydroxyl groups excluding tert-OH is 3. The minimum Gasteiger partial charge on any atom is -0.480 e. The summed E-state index contributed by atoms with van der Waals surface area (Å²) < 4.78 is 0. The van der Waals surface area contributed by atoms with Crippen LogP contribution in [-0.2, 0) is 14.4 Å². The number of aliphatic hydroxyl groups is 3. The summed E-state index contributed by atoms with van der Waals surface area (Å²) in [5.74, 6) is -2.49. The van der Waals surface area contributed by atoms with E-state index in [1.165, 1.54) is 0 Å². The molecule has 1 atom stereocenters. The van der Waals surface area contributed by atoms with Gasteiger partial charge in [-0.15, -0.1) is 0 Å². The number of carboxylic acid groups (broad SMARTS) is 3. The van der Waals surface area contributed by atoms with Gasteiger partial charge in [0.15, 0.2) is 0 Å². The Hall–Kier alpha value is -1.83. The number of hydrogen-bond donors (Lipinski definition) is 9. The summed E-state index contributed by atoms with van der Waals surface area (Å²) in [5, 5.41) is 47.5. The minimum atomic E-state index is -0.968.